The second-order valence-corrected chi connectivity index (χ2v) is 7.36. The first-order valence-corrected chi connectivity index (χ1v) is 9.84. The zero-order valence-electron chi connectivity index (χ0n) is 14.8. The molecule has 0 radical (unpaired) electrons. The largest absolute Gasteiger partial charge is 0.360 e. The van der Waals surface area contributed by atoms with Gasteiger partial charge in [0.05, 0.1) is 29.0 Å². The maximum atomic E-state index is 12.5. The van der Waals surface area contributed by atoms with Gasteiger partial charge in [0.15, 0.2) is 5.17 Å². The van der Waals surface area contributed by atoms with Crippen molar-refractivity contribution in [3.05, 3.63) is 60.4 Å². The highest BCUT2D eigenvalue weighted by Crippen LogP contribution is 2.29. The standard InChI is InChI=1S/C20H16N6OS/c27-19(26-20-23-9-10-28-20)12-5-6-13-16(11-12)25-18(15-4-2-8-22-15)17(24-13)14-3-1-7-21-14/h1-8,11,21-22H,9-10H2,(H,23,26,27). The van der Waals surface area contributed by atoms with Gasteiger partial charge in [0, 0.05) is 23.7 Å². The van der Waals surface area contributed by atoms with Crippen LogP contribution in [0.5, 0.6) is 0 Å². The zero-order chi connectivity index (χ0) is 18.9. The summed E-state index contributed by atoms with van der Waals surface area (Å²) in [6.07, 6.45) is 3.71. The van der Waals surface area contributed by atoms with Gasteiger partial charge < -0.3 is 15.3 Å². The third-order valence-electron chi connectivity index (χ3n) is 4.44. The van der Waals surface area contributed by atoms with Crippen molar-refractivity contribution >= 4 is 33.9 Å². The van der Waals surface area contributed by atoms with E-state index in [1.165, 1.54) is 0 Å². The number of hydrogen-bond acceptors (Lipinski definition) is 5. The van der Waals surface area contributed by atoms with Crippen LogP contribution in [0.2, 0.25) is 0 Å². The first-order valence-electron chi connectivity index (χ1n) is 8.86. The Morgan fingerprint density at radius 3 is 2.29 bits per heavy atom. The molecular weight excluding hydrogens is 372 g/mol. The average molecular weight is 388 g/mol. The minimum Gasteiger partial charge on any atom is -0.360 e. The third kappa shape index (κ3) is 3.07. The zero-order valence-corrected chi connectivity index (χ0v) is 15.6. The molecule has 5 rings (SSSR count). The van der Waals surface area contributed by atoms with E-state index in [0.717, 1.165) is 40.6 Å². The van der Waals surface area contributed by atoms with Gasteiger partial charge in [-0.3, -0.25) is 9.79 Å². The predicted molar refractivity (Wildman–Crippen MR) is 111 cm³/mol. The minimum absolute atomic E-state index is 0.188. The maximum absolute atomic E-state index is 12.5. The number of amides is 1. The summed E-state index contributed by atoms with van der Waals surface area (Å²) in [6.45, 7) is 0.741. The van der Waals surface area contributed by atoms with Crippen LogP contribution in [0.3, 0.4) is 0 Å². The molecule has 3 N–H and O–H groups in total. The van der Waals surface area contributed by atoms with Gasteiger partial charge in [0.2, 0.25) is 0 Å². The summed E-state index contributed by atoms with van der Waals surface area (Å²) in [7, 11) is 0. The molecule has 0 aliphatic carbocycles. The lowest BCUT2D eigenvalue weighted by atomic mass is 10.1. The van der Waals surface area contributed by atoms with Gasteiger partial charge in [0.1, 0.15) is 11.4 Å². The summed E-state index contributed by atoms with van der Waals surface area (Å²) in [5.74, 6) is 0.714. The van der Waals surface area contributed by atoms with E-state index in [-0.39, 0.29) is 5.91 Å². The fraction of sp³-hybridized carbons (Fsp3) is 0.100. The molecule has 138 valence electrons. The van der Waals surface area contributed by atoms with Gasteiger partial charge in [-0.15, -0.1) is 0 Å². The molecule has 4 aromatic rings. The minimum atomic E-state index is -0.188. The fourth-order valence-electron chi connectivity index (χ4n) is 3.11. The van der Waals surface area contributed by atoms with E-state index in [4.69, 9.17) is 9.97 Å². The Balaban J connectivity index is 1.59. The quantitative estimate of drug-likeness (QED) is 0.500. The Kier molecular flexibility index (Phi) is 4.17. The summed E-state index contributed by atoms with van der Waals surface area (Å²) in [4.78, 5) is 32.8. The van der Waals surface area contributed by atoms with Crippen LogP contribution in [0, 0.1) is 0 Å². The number of hydrogen-bond donors (Lipinski definition) is 3. The molecule has 1 aliphatic heterocycles. The molecule has 7 nitrogen and oxygen atoms in total. The highest BCUT2D eigenvalue weighted by molar-refractivity contribution is 8.14. The van der Waals surface area contributed by atoms with Gasteiger partial charge in [-0.1, -0.05) is 11.8 Å². The molecule has 0 unspecified atom stereocenters. The lowest BCUT2D eigenvalue weighted by Crippen LogP contribution is -2.27. The molecule has 1 aliphatic rings. The SMILES string of the molecule is O=C(NC1=NCCS1)c1ccc2nc(-c3ccc[nH]3)c(-c3ccc[nH]3)nc2c1. The van der Waals surface area contributed by atoms with Crippen molar-refractivity contribution in [3.63, 3.8) is 0 Å². The topological polar surface area (TPSA) is 98.8 Å². The van der Waals surface area contributed by atoms with E-state index in [9.17, 15) is 4.79 Å². The first-order chi connectivity index (χ1) is 13.8. The summed E-state index contributed by atoms with van der Waals surface area (Å²) < 4.78 is 0. The van der Waals surface area contributed by atoms with Crippen LogP contribution in [0.25, 0.3) is 33.8 Å². The van der Waals surface area contributed by atoms with Gasteiger partial charge in [-0.2, -0.15) is 0 Å². The molecule has 0 spiro atoms. The van der Waals surface area contributed by atoms with E-state index in [1.54, 1.807) is 23.9 Å². The number of amidine groups is 1. The lowest BCUT2D eigenvalue weighted by molar-refractivity contribution is 0.0978. The third-order valence-corrected chi connectivity index (χ3v) is 5.33. The molecule has 0 saturated heterocycles. The van der Waals surface area contributed by atoms with Gasteiger partial charge in [-0.25, -0.2) is 9.97 Å². The molecular formula is C20H16N6OS. The summed E-state index contributed by atoms with van der Waals surface area (Å²) in [5.41, 5.74) is 5.16. The number of aromatic amines is 2. The molecule has 1 aromatic carbocycles. The fourth-order valence-corrected chi connectivity index (χ4v) is 3.83. The van der Waals surface area contributed by atoms with E-state index in [0.29, 0.717) is 16.2 Å². The monoisotopic (exact) mass is 388 g/mol. The highest BCUT2D eigenvalue weighted by atomic mass is 32.2. The Bertz CT molecular complexity index is 1180. The number of fused-ring (bicyclic) bond motifs is 1. The lowest BCUT2D eigenvalue weighted by Gasteiger charge is -2.09. The smallest absolute Gasteiger partial charge is 0.257 e. The first kappa shape index (κ1) is 16.8. The second kappa shape index (κ2) is 6.97. The number of aliphatic imine (C=N–C) groups is 1. The molecule has 0 saturated carbocycles. The average Bonchev–Trinajstić information content (AvgIpc) is 3.50. The number of aromatic nitrogens is 4. The van der Waals surface area contributed by atoms with Crippen LogP contribution in [0.15, 0.2) is 59.9 Å². The summed E-state index contributed by atoms with van der Waals surface area (Å²) in [5, 5.41) is 3.52. The highest BCUT2D eigenvalue weighted by Gasteiger charge is 2.17. The molecule has 1 amide bonds. The van der Waals surface area contributed by atoms with Crippen molar-refractivity contribution in [2.75, 3.05) is 12.3 Å². The second-order valence-electron chi connectivity index (χ2n) is 6.28. The van der Waals surface area contributed by atoms with Gasteiger partial charge in [0.25, 0.3) is 5.91 Å². The van der Waals surface area contributed by atoms with Crippen LogP contribution in [-0.4, -0.2) is 43.3 Å². The summed E-state index contributed by atoms with van der Waals surface area (Å²) >= 11 is 1.55. The molecule has 0 bridgehead atoms. The van der Waals surface area contributed by atoms with Crippen LogP contribution in [0.4, 0.5) is 0 Å². The van der Waals surface area contributed by atoms with E-state index in [2.05, 4.69) is 20.3 Å². The number of H-pyrrole nitrogens is 2. The predicted octanol–water partition coefficient (Wildman–Crippen LogP) is 3.45. The molecule has 28 heavy (non-hydrogen) atoms. The van der Waals surface area contributed by atoms with Gasteiger partial charge in [-0.05, 0) is 42.5 Å². The Hall–Kier alpha value is -3.39. The number of carbonyl (C=O) groups excluding carboxylic acids is 1. The van der Waals surface area contributed by atoms with Crippen LogP contribution < -0.4 is 5.32 Å². The van der Waals surface area contributed by atoms with Crippen molar-refractivity contribution in [1.29, 1.82) is 0 Å². The molecule has 4 heterocycles. The van der Waals surface area contributed by atoms with E-state index < -0.39 is 0 Å². The number of benzene rings is 1. The Morgan fingerprint density at radius 1 is 0.964 bits per heavy atom. The Morgan fingerprint density at radius 2 is 1.68 bits per heavy atom. The van der Waals surface area contributed by atoms with Crippen LogP contribution in [0.1, 0.15) is 10.4 Å². The van der Waals surface area contributed by atoms with Crippen LogP contribution >= 0.6 is 11.8 Å². The molecule has 8 heteroatoms. The maximum Gasteiger partial charge on any atom is 0.257 e. The number of carbonyl (C=O) groups is 1. The number of nitrogens with zero attached hydrogens (tertiary/aromatic N) is 3. The van der Waals surface area contributed by atoms with Crippen LogP contribution in [-0.2, 0) is 0 Å². The van der Waals surface area contributed by atoms with Crippen molar-refractivity contribution < 1.29 is 4.79 Å². The van der Waals surface area contributed by atoms with Gasteiger partial charge >= 0.3 is 0 Å². The number of nitrogens with one attached hydrogen (secondary N) is 3. The van der Waals surface area contributed by atoms with E-state index >= 15 is 0 Å². The van der Waals surface area contributed by atoms with Crippen molar-refractivity contribution in [3.8, 4) is 22.8 Å². The van der Waals surface area contributed by atoms with Crippen molar-refractivity contribution in [1.82, 2.24) is 25.3 Å². The number of thioether (sulfide) groups is 1. The molecule has 0 atom stereocenters. The molecule has 0 fully saturated rings. The Labute approximate surface area is 164 Å². The van der Waals surface area contributed by atoms with Crippen molar-refractivity contribution in [2.24, 2.45) is 4.99 Å². The normalized spacial score (nSPS) is 13.6. The summed E-state index contributed by atoms with van der Waals surface area (Å²) in [6, 6.07) is 13.1. The number of rotatable bonds is 3. The van der Waals surface area contributed by atoms with Crippen molar-refractivity contribution in [2.45, 2.75) is 0 Å². The molecule has 3 aromatic heterocycles. The van der Waals surface area contributed by atoms with E-state index in [1.807, 2.05) is 42.7 Å².